The molecule has 1 aromatic carbocycles. The lowest BCUT2D eigenvalue weighted by Gasteiger charge is -2.12. The first kappa shape index (κ1) is 13.3. The van der Waals surface area contributed by atoms with Crippen molar-refractivity contribution in [3.05, 3.63) is 47.0 Å². The van der Waals surface area contributed by atoms with Crippen LogP contribution in [0.4, 0.5) is 0 Å². The number of hydrogen-bond donors (Lipinski definition) is 2. The molecule has 1 atom stereocenters. The number of carbonyl (C=O) groups excluding carboxylic acids is 1. The third-order valence-electron chi connectivity index (χ3n) is 2.11. The van der Waals surface area contributed by atoms with Gasteiger partial charge in [0.05, 0.1) is 6.04 Å². The van der Waals surface area contributed by atoms with Crippen molar-refractivity contribution in [1.29, 1.82) is 0 Å². The molecular weight excluding hydrogens is 242 g/mol. The minimum atomic E-state index is -1.15. The Hall–Kier alpha value is -1.81. The van der Waals surface area contributed by atoms with Crippen LogP contribution >= 0.6 is 11.6 Å². The highest BCUT2D eigenvalue weighted by atomic mass is 35.5. The van der Waals surface area contributed by atoms with Crippen molar-refractivity contribution in [3.63, 3.8) is 0 Å². The molecule has 0 aliphatic rings. The normalized spacial score (nSPS) is 12.4. The average Bonchev–Trinajstić information content (AvgIpc) is 2.27. The van der Waals surface area contributed by atoms with Crippen LogP contribution in [0.2, 0.25) is 5.02 Å². The van der Waals surface area contributed by atoms with Gasteiger partial charge in [-0.2, -0.15) is 0 Å². The highest BCUT2D eigenvalue weighted by Crippen LogP contribution is 2.15. The molecule has 0 aromatic heterocycles. The van der Waals surface area contributed by atoms with Gasteiger partial charge < -0.3 is 10.4 Å². The number of nitrogens with one attached hydrogen (secondary N) is 1. The fourth-order valence-corrected chi connectivity index (χ4v) is 1.37. The summed E-state index contributed by atoms with van der Waals surface area (Å²) in [5.41, 5.74) is 0.895. The Morgan fingerprint density at radius 3 is 2.41 bits per heavy atom. The van der Waals surface area contributed by atoms with Crippen LogP contribution in [0.25, 0.3) is 0 Å². The highest BCUT2D eigenvalue weighted by molar-refractivity contribution is 6.30. The van der Waals surface area contributed by atoms with Crippen LogP contribution < -0.4 is 5.32 Å². The lowest BCUT2D eigenvalue weighted by molar-refractivity contribution is -0.131. The lowest BCUT2D eigenvalue weighted by atomic mass is 10.1. The monoisotopic (exact) mass is 253 g/mol. The Morgan fingerprint density at radius 2 is 1.88 bits per heavy atom. The molecule has 1 aromatic rings. The Bertz CT molecular complexity index is 440. The maximum atomic E-state index is 11.3. The van der Waals surface area contributed by atoms with Crippen LogP contribution in [-0.4, -0.2) is 17.0 Å². The number of rotatable bonds is 4. The first-order valence-electron chi connectivity index (χ1n) is 4.96. The zero-order valence-electron chi connectivity index (χ0n) is 9.18. The van der Waals surface area contributed by atoms with Gasteiger partial charge in [-0.3, -0.25) is 4.79 Å². The second-order valence-corrected chi connectivity index (χ2v) is 3.89. The molecule has 17 heavy (non-hydrogen) atoms. The van der Waals surface area contributed by atoms with Gasteiger partial charge in [0.1, 0.15) is 0 Å². The molecule has 2 N–H and O–H groups in total. The van der Waals surface area contributed by atoms with Gasteiger partial charge in [0.15, 0.2) is 0 Å². The number of aliphatic carboxylic acids is 1. The molecule has 0 spiro atoms. The molecule has 5 heteroatoms. The molecule has 0 heterocycles. The Balaban J connectivity index is 2.60. The zero-order valence-corrected chi connectivity index (χ0v) is 9.94. The van der Waals surface area contributed by atoms with E-state index in [1.54, 1.807) is 31.2 Å². The molecule has 0 fully saturated rings. The first-order valence-corrected chi connectivity index (χ1v) is 5.34. The maximum Gasteiger partial charge on any atom is 0.328 e. The molecule has 1 amide bonds. The molecule has 1 rings (SSSR count). The van der Waals surface area contributed by atoms with Crippen molar-refractivity contribution < 1.29 is 14.7 Å². The number of amides is 1. The number of halogens is 1. The van der Waals surface area contributed by atoms with Crippen molar-refractivity contribution in [1.82, 2.24) is 5.32 Å². The summed E-state index contributed by atoms with van der Waals surface area (Å²) in [6.07, 6.45) is 1.78. The predicted octanol–water partition coefficient (Wildman–Crippen LogP) is 2.16. The maximum absolute atomic E-state index is 11.3. The molecule has 0 saturated carbocycles. The van der Waals surface area contributed by atoms with Gasteiger partial charge in [0.2, 0.25) is 5.91 Å². The van der Waals surface area contributed by atoms with Gasteiger partial charge >= 0.3 is 5.97 Å². The quantitative estimate of drug-likeness (QED) is 0.808. The van der Waals surface area contributed by atoms with Gasteiger partial charge in [-0.05, 0) is 24.6 Å². The fraction of sp³-hybridized carbons (Fsp3) is 0.167. The van der Waals surface area contributed by atoms with E-state index in [0.29, 0.717) is 5.02 Å². The van der Waals surface area contributed by atoms with Crippen LogP contribution in [0, 0.1) is 0 Å². The SMILES string of the molecule is C[C@@H](NC(=O)/C=C/C(=O)O)c1ccc(Cl)cc1. The van der Waals surface area contributed by atoms with Gasteiger partial charge in [0.25, 0.3) is 0 Å². The van der Waals surface area contributed by atoms with E-state index >= 15 is 0 Å². The Morgan fingerprint density at radius 1 is 1.29 bits per heavy atom. The number of carbonyl (C=O) groups is 2. The van der Waals surface area contributed by atoms with Crippen molar-refractivity contribution in [2.24, 2.45) is 0 Å². The van der Waals surface area contributed by atoms with Crippen molar-refractivity contribution >= 4 is 23.5 Å². The van der Waals surface area contributed by atoms with E-state index in [-0.39, 0.29) is 6.04 Å². The van der Waals surface area contributed by atoms with E-state index in [2.05, 4.69) is 5.32 Å². The minimum Gasteiger partial charge on any atom is -0.478 e. The Labute approximate surface area is 104 Å². The molecule has 0 bridgehead atoms. The summed E-state index contributed by atoms with van der Waals surface area (Å²) in [6, 6.07) is 6.85. The summed E-state index contributed by atoms with van der Waals surface area (Å²) in [5, 5.41) is 11.6. The van der Waals surface area contributed by atoms with Crippen LogP contribution in [0.1, 0.15) is 18.5 Å². The van der Waals surface area contributed by atoms with Gasteiger partial charge in [-0.25, -0.2) is 4.79 Å². The molecule has 0 aliphatic heterocycles. The van der Waals surface area contributed by atoms with E-state index < -0.39 is 11.9 Å². The van der Waals surface area contributed by atoms with E-state index in [1.165, 1.54) is 0 Å². The summed E-state index contributed by atoms with van der Waals surface area (Å²) >= 11 is 5.74. The largest absolute Gasteiger partial charge is 0.478 e. The average molecular weight is 254 g/mol. The molecule has 0 aliphatic carbocycles. The van der Waals surface area contributed by atoms with Gasteiger partial charge in [0, 0.05) is 17.2 Å². The van der Waals surface area contributed by atoms with Crippen molar-refractivity contribution in [2.45, 2.75) is 13.0 Å². The second-order valence-electron chi connectivity index (χ2n) is 3.45. The van der Waals surface area contributed by atoms with Crippen LogP contribution in [0.5, 0.6) is 0 Å². The summed E-state index contributed by atoms with van der Waals surface area (Å²) < 4.78 is 0. The fourth-order valence-electron chi connectivity index (χ4n) is 1.24. The van der Waals surface area contributed by atoms with Crippen molar-refractivity contribution in [3.8, 4) is 0 Å². The first-order chi connectivity index (χ1) is 7.99. The molecule has 90 valence electrons. The molecule has 0 unspecified atom stereocenters. The van der Waals surface area contributed by atoms with E-state index in [1.807, 2.05) is 0 Å². The highest BCUT2D eigenvalue weighted by Gasteiger charge is 2.07. The van der Waals surface area contributed by atoms with Crippen molar-refractivity contribution in [2.75, 3.05) is 0 Å². The van der Waals surface area contributed by atoms with E-state index in [0.717, 1.165) is 17.7 Å². The second kappa shape index (κ2) is 6.06. The third-order valence-corrected chi connectivity index (χ3v) is 2.36. The number of hydrogen-bond acceptors (Lipinski definition) is 2. The summed E-state index contributed by atoms with van der Waals surface area (Å²) in [4.78, 5) is 21.5. The van der Waals surface area contributed by atoms with Crippen LogP contribution in [-0.2, 0) is 9.59 Å². The van der Waals surface area contributed by atoms with Crippen LogP contribution in [0.15, 0.2) is 36.4 Å². The summed E-state index contributed by atoms with van der Waals surface area (Å²) in [7, 11) is 0. The van der Waals surface area contributed by atoms with Crippen LogP contribution in [0.3, 0.4) is 0 Å². The third kappa shape index (κ3) is 4.70. The zero-order chi connectivity index (χ0) is 12.8. The van der Waals surface area contributed by atoms with E-state index in [9.17, 15) is 9.59 Å². The molecular formula is C12H12ClNO3. The smallest absolute Gasteiger partial charge is 0.328 e. The summed E-state index contributed by atoms with van der Waals surface area (Å²) in [5.74, 6) is -1.60. The van der Waals surface area contributed by atoms with E-state index in [4.69, 9.17) is 16.7 Å². The van der Waals surface area contributed by atoms with Gasteiger partial charge in [-0.15, -0.1) is 0 Å². The van der Waals surface area contributed by atoms with Gasteiger partial charge in [-0.1, -0.05) is 23.7 Å². The summed E-state index contributed by atoms with van der Waals surface area (Å²) in [6.45, 7) is 1.80. The molecule has 0 radical (unpaired) electrons. The number of carboxylic acid groups (broad SMARTS) is 1. The standard InChI is InChI=1S/C12H12ClNO3/c1-8(9-2-4-10(13)5-3-9)14-11(15)6-7-12(16)17/h2-8H,1H3,(H,14,15)(H,16,17)/b7-6+/t8-/m1/s1. The predicted molar refractivity (Wildman–Crippen MR) is 64.8 cm³/mol. The lowest BCUT2D eigenvalue weighted by Crippen LogP contribution is -2.24. The molecule has 4 nitrogen and oxygen atoms in total. The topological polar surface area (TPSA) is 66.4 Å². The Kier molecular flexibility index (Phi) is 4.72. The number of carboxylic acids is 1. The minimum absolute atomic E-state index is 0.210. The number of benzene rings is 1. The molecule has 0 saturated heterocycles.